The smallest absolute Gasteiger partial charge is 0.230 e. The van der Waals surface area contributed by atoms with Gasteiger partial charge in [0.05, 0.1) is 26.4 Å². The minimum absolute atomic E-state index is 0.267. The van der Waals surface area contributed by atoms with Gasteiger partial charge in [0.25, 0.3) is 0 Å². The van der Waals surface area contributed by atoms with Crippen LogP contribution in [0, 0.1) is 0 Å². The van der Waals surface area contributed by atoms with Crippen LogP contribution in [-0.4, -0.2) is 67.6 Å². The average Bonchev–Trinajstić information content (AvgIpc) is 2.64. The molecule has 1 aliphatic heterocycles. The average molecular weight is 352 g/mol. The van der Waals surface area contributed by atoms with Crippen molar-refractivity contribution in [3.63, 3.8) is 0 Å². The Hall–Kier alpha value is -1.51. The predicted octanol–water partition coefficient (Wildman–Crippen LogP) is 1.39. The van der Waals surface area contributed by atoms with Gasteiger partial charge in [0, 0.05) is 32.1 Å². The first-order chi connectivity index (χ1) is 12.2. The molecule has 0 spiro atoms. The number of nitrogens with zero attached hydrogens (tertiary/aromatic N) is 4. The molecule has 8 nitrogen and oxygen atoms in total. The number of hydrogen-bond acceptors (Lipinski definition) is 8. The minimum Gasteiger partial charge on any atom is -0.378 e. The Balaban J connectivity index is 1.83. The molecule has 1 aromatic rings. The van der Waals surface area contributed by atoms with Crippen LogP contribution in [0.4, 0.5) is 11.9 Å². The van der Waals surface area contributed by atoms with Gasteiger partial charge in [-0.05, 0) is 19.3 Å². The van der Waals surface area contributed by atoms with Crippen LogP contribution in [0.3, 0.4) is 0 Å². The van der Waals surface area contributed by atoms with Crippen LogP contribution in [0.25, 0.3) is 0 Å². The molecule has 25 heavy (non-hydrogen) atoms. The maximum atomic E-state index is 5.52. The largest absolute Gasteiger partial charge is 0.378 e. The zero-order valence-corrected chi connectivity index (χ0v) is 15.5. The summed E-state index contributed by atoms with van der Waals surface area (Å²) in [4.78, 5) is 16.0. The minimum atomic E-state index is 0.267. The highest BCUT2D eigenvalue weighted by atomic mass is 16.5. The number of anilines is 2. The topological polar surface area (TPSA) is 98.4 Å². The Morgan fingerprint density at radius 2 is 1.72 bits per heavy atom. The predicted molar refractivity (Wildman–Crippen MR) is 99.2 cm³/mol. The molecule has 0 aromatic carbocycles. The first-order valence-corrected chi connectivity index (χ1v) is 9.31. The Labute approximate surface area is 150 Å². The Morgan fingerprint density at radius 3 is 2.40 bits per heavy atom. The monoisotopic (exact) mass is 352 g/mol. The zero-order valence-electron chi connectivity index (χ0n) is 15.5. The van der Waals surface area contributed by atoms with Crippen molar-refractivity contribution in [2.24, 2.45) is 5.73 Å². The lowest BCUT2D eigenvalue weighted by Gasteiger charge is -2.27. The highest BCUT2D eigenvalue weighted by molar-refractivity contribution is 5.38. The molecule has 0 bridgehead atoms. The molecule has 0 aliphatic carbocycles. The Kier molecular flexibility index (Phi) is 8.85. The molecular formula is C17H32N6O2. The Morgan fingerprint density at radius 1 is 1.00 bits per heavy atom. The summed E-state index contributed by atoms with van der Waals surface area (Å²) in [5.41, 5.74) is 5.36. The molecule has 2 heterocycles. The fourth-order valence-corrected chi connectivity index (χ4v) is 2.59. The molecule has 3 N–H and O–H groups in total. The normalized spacial score (nSPS) is 15.0. The van der Waals surface area contributed by atoms with Gasteiger partial charge in [-0.1, -0.05) is 13.8 Å². The van der Waals surface area contributed by atoms with E-state index in [0.717, 1.165) is 24.9 Å². The van der Waals surface area contributed by atoms with E-state index in [1.165, 1.54) is 19.3 Å². The molecule has 1 saturated heterocycles. The first kappa shape index (κ1) is 19.8. The van der Waals surface area contributed by atoms with Gasteiger partial charge in [-0.3, -0.25) is 0 Å². The molecule has 0 atom stereocenters. The van der Waals surface area contributed by atoms with Crippen LogP contribution in [0.15, 0.2) is 0 Å². The van der Waals surface area contributed by atoms with Gasteiger partial charge in [0.15, 0.2) is 0 Å². The lowest BCUT2D eigenvalue weighted by atomic mass is 10.1. The summed E-state index contributed by atoms with van der Waals surface area (Å²) in [5.74, 6) is 2.51. The van der Waals surface area contributed by atoms with Gasteiger partial charge < -0.3 is 25.4 Å². The van der Waals surface area contributed by atoms with Crippen molar-refractivity contribution < 1.29 is 9.47 Å². The third-order valence-electron chi connectivity index (χ3n) is 3.96. The summed E-state index contributed by atoms with van der Waals surface area (Å²) in [6, 6.07) is 0. The fourth-order valence-electron chi connectivity index (χ4n) is 2.59. The van der Waals surface area contributed by atoms with E-state index < -0.39 is 0 Å². The number of rotatable bonds is 11. The maximum absolute atomic E-state index is 5.52. The second-order valence-electron chi connectivity index (χ2n) is 6.46. The quantitative estimate of drug-likeness (QED) is 0.577. The molecule has 142 valence electrons. The third-order valence-corrected chi connectivity index (χ3v) is 3.96. The summed E-state index contributed by atoms with van der Waals surface area (Å²) in [7, 11) is 0. The van der Waals surface area contributed by atoms with Crippen molar-refractivity contribution in [3.8, 4) is 0 Å². The van der Waals surface area contributed by atoms with E-state index in [1.807, 2.05) is 0 Å². The number of ether oxygens (including phenoxy) is 2. The number of hydrogen-bond donors (Lipinski definition) is 2. The van der Waals surface area contributed by atoms with E-state index in [-0.39, 0.29) is 5.92 Å². The van der Waals surface area contributed by atoms with Gasteiger partial charge in [0.1, 0.15) is 5.82 Å². The number of nitrogens with two attached hydrogens (primary N) is 1. The lowest BCUT2D eigenvalue weighted by Crippen LogP contribution is -2.31. The van der Waals surface area contributed by atoms with Crippen LogP contribution < -0.4 is 16.0 Å². The Bertz CT molecular complexity index is 494. The molecule has 8 heteroatoms. The van der Waals surface area contributed by atoms with Crippen LogP contribution in [-0.2, 0) is 9.47 Å². The molecule has 1 fully saturated rings. The van der Waals surface area contributed by atoms with Gasteiger partial charge in [0.2, 0.25) is 11.9 Å². The van der Waals surface area contributed by atoms with Gasteiger partial charge >= 0.3 is 0 Å². The van der Waals surface area contributed by atoms with Crippen molar-refractivity contribution in [3.05, 3.63) is 5.82 Å². The molecule has 1 aliphatic rings. The molecule has 0 saturated carbocycles. The number of piperidine rings is 1. The van der Waals surface area contributed by atoms with Crippen molar-refractivity contribution in [1.29, 1.82) is 0 Å². The van der Waals surface area contributed by atoms with Gasteiger partial charge in [-0.2, -0.15) is 15.0 Å². The highest BCUT2D eigenvalue weighted by Gasteiger charge is 2.17. The van der Waals surface area contributed by atoms with Crippen LogP contribution in [0.2, 0.25) is 0 Å². The summed E-state index contributed by atoms with van der Waals surface area (Å²) in [6.07, 6.45) is 3.69. The first-order valence-electron chi connectivity index (χ1n) is 9.31. The lowest BCUT2D eigenvalue weighted by molar-refractivity contribution is 0.0547. The third kappa shape index (κ3) is 7.09. The van der Waals surface area contributed by atoms with Crippen molar-refractivity contribution in [2.75, 3.05) is 62.8 Å². The van der Waals surface area contributed by atoms with Crippen LogP contribution in [0.1, 0.15) is 44.9 Å². The molecule has 0 radical (unpaired) electrons. The summed E-state index contributed by atoms with van der Waals surface area (Å²) >= 11 is 0. The second kappa shape index (κ2) is 11.2. The second-order valence-corrected chi connectivity index (χ2v) is 6.46. The standard InChI is InChI=1S/C17H32N6O2/c1-14(2)15-20-16(19-7-11-25-13-12-24-10-6-18)22-17(21-15)23-8-4-3-5-9-23/h14H,3-13,18H2,1-2H3,(H,19,20,21,22). The summed E-state index contributed by atoms with van der Waals surface area (Å²) < 4.78 is 10.8. The highest BCUT2D eigenvalue weighted by Crippen LogP contribution is 2.19. The van der Waals surface area contributed by atoms with E-state index in [4.69, 9.17) is 15.2 Å². The van der Waals surface area contributed by atoms with E-state index in [1.54, 1.807) is 0 Å². The van der Waals surface area contributed by atoms with E-state index in [9.17, 15) is 0 Å². The van der Waals surface area contributed by atoms with Crippen LogP contribution in [0.5, 0.6) is 0 Å². The van der Waals surface area contributed by atoms with E-state index in [2.05, 4.69) is 39.0 Å². The van der Waals surface area contributed by atoms with E-state index >= 15 is 0 Å². The van der Waals surface area contributed by atoms with E-state index in [0.29, 0.717) is 45.5 Å². The van der Waals surface area contributed by atoms with Crippen LogP contribution >= 0.6 is 0 Å². The number of aromatic nitrogens is 3. The van der Waals surface area contributed by atoms with Gasteiger partial charge in [-0.25, -0.2) is 0 Å². The molecule has 1 aromatic heterocycles. The van der Waals surface area contributed by atoms with Crippen molar-refractivity contribution in [2.45, 2.75) is 39.0 Å². The molecule has 0 unspecified atom stereocenters. The molecule has 2 rings (SSSR count). The maximum Gasteiger partial charge on any atom is 0.230 e. The summed E-state index contributed by atoms with van der Waals surface area (Å²) in [6.45, 7) is 9.72. The van der Waals surface area contributed by atoms with Gasteiger partial charge in [-0.15, -0.1) is 0 Å². The zero-order chi connectivity index (χ0) is 17.9. The summed E-state index contributed by atoms with van der Waals surface area (Å²) in [5, 5.41) is 3.25. The number of nitrogens with one attached hydrogen (secondary N) is 1. The van der Waals surface area contributed by atoms with Crippen molar-refractivity contribution in [1.82, 2.24) is 15.0 Å². The van der Waals surface area contributed by atoms with Crippen molar-refractivity contribution >= 4 is 11.9 Å². The SMILES string of the molecule is CC(C)c1nc(NCCOCCOCCN)nc(N2CCCCC2)n1. The molecular weight excluding hydrogens is 320 g/mol. The fraction of sp³-hybridized carbons (Fsp3) is 0.824. The molecule has 0 amide bonds.